The second kappa shape index (κ2) is 6.67. The van der Waals surface area contributed by atoms with E-state index in [4.69, 9.17) is 4.98 Å². The van der Waals surface area contributed by atoms with Gasteiger partial charge in [-0.1, -0.05) is 29.0 Å². The van der Waals surface area contributed by atoms with E-state index in [2.05, 4.69) is 81.7 Å². The molecule has 0 unspecified atom stereocenters. The summed E-state index contributed by atoms with van der Waals surface area (Å²) in [5, 5.41) is 0. The number of rotatable bonds is 2. The molecule has 5 aromatic rings. The van der Waals surface area contributed by atoms with E-state index in [0.29, 0.717) is 4.53 Å². The number of imidazole rings is 1. The molecule has 0 fully saturated rings. The Balaban J connectivity index is 1.69. The molecule has 5 heteroatoms. The number of fused-ring (bicyclic) bond motifs is 3. The van der Waals surface area contributed by atoms with Crippen LogP contribution < -0.4 is 10.1 Å². The lowest BCUT2D eigenvalue weighted by Crippen LogP contribution is -2.22. The van der Waals surface area contributed by atoms with Crippen molar-refractivity contribution in [1.29, 1.82) is 0 Å². The van der Waals surface area contributed by atoms with Gasteiger partial charge in [0.15, 0.2) is 4.96 Å². The third-order valence-electron chi connectivity index (χ3n) is 5.90. The molecule has 0 saturated carbocycles. The smallest absolute Gasteiger partial charge is 0.274 e. The van der Waals surface area contributed by atoms with E-state index in [1.807, 2.05) is 6.08 Å². The minimum atomic E-state index is 0.000826. The van der Waals surface area contributed by atoms with Crippen LogP contribution in [0.3, 0.4) is 0 Å². The fourth-order valence-corrected chi connectivity index (χ4v) is 5.06. The summed E-state index contributed by atoms with van der Waals surface area (Å²) >= 11 is 1.45. The van der Waals surface area contributed by atoms with Crippen LogP contribution in [0.2, 0.25) is 0 Å². The standard InChI is InChI=1S/C25H23N3OS/c1-14-6-8-20(9-7-14)27-17(4)12-19(18(27)5)13-23-24(29)28-22-11-16(3)15(2)10-21(22)26-25(28)30-23/h6-13H,1-5H3/b23-13+. The lowest BCUT2D eigenvalue weighted by atomic mass is 10.1. The predicted molar refractivity (Wildman–Crippen MR) is 125 cm³/mol. The van der Waals surface area contributed by atoms with Crippen molar-refractivity contribution in [2.45, 2.75) is 34.6 Å². The van der Waals surface area contributed by atoms with Crippen LogP contribution >= 0.6 is 11.3 Å². The van der Waals surface area contributed by atoms with E-state index < -0.39 is 0 Å². The Bertz CT molecular complexity index is 1550. The molecule has 0 aliphatic heterocycles. The van der Waals surface area contributed by atoms with Crippen LogP contribution in [-0.4, -0.2) is 14.0 Å². The lowest BCUT2D eigenvalue weighted by Gasteiger charge is -2.09. The topological polar surface area (TPSA) is 39.3 Å². The maximum absolute atomic E-state index is 13.2. The zero-order valence-electron chi connectivity index (χ0n) is 17.8. The number of benzene rings is 2. The molecule has 0 bridgehead atoms. The molecule has 0 saturated heterocycles. The zero-order valence-corrected chi connectivity index (χ0v) is 18.6. The summed E-state index contributed by atoms with van der Waals surface area (Å²) in [4.78, 5) is 18.7. The molecule has 4 nitrogen and oxygen atoms in total. The van der Waals surface area contributed by atoms with Gasteiger partial charge >= 0.3 is 0 Å². The third-order valence-corrected chi connectivity index (χ3v) is 6.87. The Morgan fingerprint density at radius 1 is 0.933 bits per heavy atom. The van der Waals surface area contributed by atoms with Crippen LogP contribution in [0.15, 0.2) is 47.3 Å². The second-order valence-corrected chi connectivity index (χ2v) is 9.08. The Hall–Kier alpha value is -3.18. The van der Waals surface area contributed by atoms with Gasteiger partial charge in [-0.15, -0.1) is 0 Å². The van der Waals surface area contributed by atoms with Crippen LogP contribution in [0.25, 0.3) is 27.8 Å². The highest BCUT2D eigenvalue weighted by atomic mass is 32.1. The molecule has 30 heavy (non-hydrogen) atoms. The van der Waals surface area contributed by atoms with Crippen molar-refractivity contribution in [2.24, 2.45) is 0 Å². The first-order chi connectivity index (χ1) is 14.3. The molecule has 5 rings (SSSR count). The van der Waals surface area contributed by atoms with Gasteiger partial charge in [-0.05, 0) is 87.7 Å². The summed E-state index contributed by atoms with van der Waals surface area (Å²) in [5.74, 6) is 0. The third kappa shape index (κ3) is 2.81. The highest BCUT2D eigenvalue weighted by Gasteiger charge is 2.14. The summed E-state index contributed by atoms with van der Waals surface area (Å²) in [7, 11) is 0. The SMILES string of the molecule is Cc1ccc(-n2c(C)cc(/C=c3/sc4nc5cc(C)c(C)cc5n4c3=O)c2C)cc1. The highest BCUT2D eigenvalue weighted by molar-refractivity contribution is 7.15. The van der Waals surface area contributed by atoms with Gasteiger partial charge in [0.25, 0.3) is 5.56 Å². The molecule has 0 spiro atoms. The van der Waals surface area contributed by atoms with Crippen LogP contribution in [0.1, 0.15) is 33.6 Å². The van der Waals surface area contributed by atoms with Gasteiger partial charge in [-0.2, -0.15) is 0 Å². The van der Waals surface area contributed by atoms with Gasteiger partial charge in [-0.25, -0.2) is 9.38 Å². The van der Waals surface area contributed by atoms with E-state index in [9.17, 15) is 4.79 Å². The summed E-state index contributed by atoms with van der Waals surface area (Å²) in [5.41, 5.74) is 9.83. The van der Waals surface area contributed by atoms with E-state index in [1.165, 1.54) is 28.0 Å². The first-order valence-corrected chi connectivity index (χ1v) is 10.8. The number of thiazole rings is 1. The van der Waals surface area contributed by atoms with Crippen molar-refractivity contribution < 1.29 is 0 Å². The number of hydrogen-bond donors (Lipinski definition) is 0. The number of hydrogen-bond acceptors (Lipinski definition) is 3. The molecule has 150 valence electrons. The highest BCUT2D eigenvalue weighted by Crippen LogP contribution is 2.23. The molecule has 0 aliphatic carbocycles. The summed E-state index contributed by atoms with van der Waals surface area (Å²) < 4.78 is 4.69. The van der Waals surface area contributed by atoms with Gasteiger partial charge in [-0.3, -0.25) is 4.79 Å². The maximum Gasteiger partial charge on any atom is 0.274 e. The van der Waals surface area contributed by atoms with Crippen molar-refractivity contribution in [3.63, 3.8) is 0 Å². The van der Waals surface area contributed by atoms with E-state index in [1.54, 1.807) is 4.40 Å². The van der Waals surface area contributed by atoms with E-state index >= 15 is 0 Å². The van der Waals surface area contributed by atoms with Gasteiger partial charge in [0.05, 0.1) is 15.6 Å². The van der Waals surface area contributed by atoms with E-state index in [-0.39, 0.29) is 5.56 Å². The van der Waals surface area contributed by atoms with Crippen molar-refractivity contribution in [3.05, 3.63) is 91.0 Å². The number of aromatic nitrogens is 3. The van der Waals surface area contributed by atoms with Gasteiger partial charge in [0.2, 0.25) is 0 Å². The van der Waals surface area contributed by atoms with Crippen LogP contribution in [0, 0.1) is 34.6 Å². The molecular weight excluding hydrogens is 390 g/mol. The lowest BCUT2D eigenvalue weighted by molar-refractivity contribution is 0.963. The monoisotopic (exact) mass is 413 g/mol. The molecule has 0 radical (unpaired) electrons. The van der Waals surface area contributed by atoms with Gasteiger partial charge in [0, 0.05) is 17.1 Å². The summed E-state index contributed by atoms with van der Waals surface area (Å²) in [6.45, 7) is 10.4. The zero-order chi connectivity index (χ0) is 21.2. The van der Waals surface area contributed by atoms with Crippen molar-refractivity contribution in [1.82, 2.24) is 14.0 Å². The maximum atomic E-state index is 13.2. The van der Waals surface area contributed by atoms with Crippen molar-refractivity contribution in [2.75, 3.05) is 0 Å². The molecule has 3 aromatic heterocycles. The minimum Gasteiger partial charge on any atom is -0.318 e. The van der Waals surface area contributed by atoms with Crippen LogP contribution in [0.4, 0.5) is 0 Å². The molecule has 0 atom stereocenters. The average molecular weight is 414 g/mol. The van der Waals surface area contributed by atoms with Crippen LogP contribution in [-0.2, 0) is 0 Å². The Kier molecular flexibility index (Phi) is 4.19. The normalized spacial score (nSPS) is 12.5. The Morgan fingerprint density at radius 3 is 2.37 bits per heavy atom. The molecule has 0 amide bonds. The molecule has 3 heterocycles. The van der Waals surface area contributed by atoms with Crippen LogP contribution in [0.5, 0.6) is 0 Å². The fourth-order valence-electron chi connectivity index (χ4n) is 4.08. The first kappa shape index (κ1) is 18.8. The predicted octanol–water partition coefficient (Wildman–Crippen LogP) is 4.79. The second-order valence-electron chi connectivity index (χ2n) is 8.07. The summed E-state index contributed by atoms with van der Waals surface area (Å²) in [6.07, 6.45) is 2.00. The first-order valence-electron chi connectivity index (χ1n) is 10.0. The quantitative estimate of drug-likeness (QED) is 0.417. The Morgan fingerprint density at radius 2 is 1.63 bits per heavy atom. The number of aryl methyl sites for hydroxylation is 4. The summed E-state index contributed by atoms with van der Waals surface area (Å²) in [6, 6.07) is 14.8. The molecule has 0 N–H and O–H groups in total. The van der Waals surface area contributed by atoms with Crippen molar-refractivity contribution in [3.8, 4) is 5.69 Å². The molecule has 0 aliphatic rings. The molecular formula is C25H23N3OS. The van der Waals surface area contributed by atoms with Gasteiger partial charge in [0.1, 0.15) is 0 Å². The molecule has 2 aromatic carbocycles. The largest absolute Gasteiger partial charge is 0.318 e. The van der Waals surface area contributed by atoms with E-state index in [0.717, 1.165) is 38.6 Å². The fraction of sp³-hybridized carbons (Fsp3) is 0.200. The van der Waals surface area contributed by atoms with Gasteiger partial charge < -0.3 is 4.57 Å². The average Bonchev–Trinajstić information content (AvgIpc) is 3.29. The Labute approximate surface area is 178 Å². The number of nitrogens with zero attached hydrogens (tertiary/aromatic N) is 3. The van der Waals surface area contributed by atoms with Crippen molar-refractivity contribution >= 4 is 33.4 Å². The minimum absolute atomic E-state index is 0.000826.